The maximum Gasteiger partial charge on any atom is 0.223 e. The number of carbonyl (C=O) groups excluding carboxylic acids is 1. The number of rotatable bonds is 7. The van der Waals surface area contributed by atoms with Crippen molar-refractivity contribution in [3.63, 3.8) is 0 Å². The molecule has 0 bridgehead atoms. The number of likely N-dealkylation sites (N-methyl/N-ethyl adjacent to an activating group) is 1. The summed E-state index contributed by atoms with van der Waals surface area (Å²) in [5, 5.41) is 3.02. The molecule has 0 spiro atoms. The van der Waals surface area contributed by atoms with Crippen LogP contribution in [0.3, 0.4) is 0 Å². The van der Waals surface area contributed by atoms with E-state index in [9.17, 15) is 9.18 Å². The molecule has 0 unspecified atom stereocenters. The van der Waals surface area contributed by atoms with Crippen LogP contribution < -0.4 is 11.1 Å². The first-order valence-corrected chi connectivity index (χ1v) is 8.01. The van der Waals surface area contributed by atoms with Crippen molar-refractivity contribution in [3.8, 4) is 0 Å². The van der Waals surface area contributed by atoms with Crippen molar-refractivity contribution in [2.75, 3.05) is 26.7 Å². The van der Waals surface area contributed by atoms with Gasteiger partial charge in [-0.05, 0) is 50.0 Å². The fourth-order valence-corrected chi connectivity index (χ4v) is 3.15. The van der Waals surface area contributed by atoms with Crippen LogP contribution in [0.5, 0.6) is 0 Å². The first-order valence-electron chi connectivity index (χ1n) is 8.01. The Morgan fingerprint density at radius 3 is 2.58 bits per heavy atom. The maximum atomic E-state index is 12.9. The molecule has 1 aliphatic carbocycles. The lowest BCUT2D eigenvalue weighted by Gasteiger charge is -2.20. The maximum absolute atomic E-state index is 12.9. The van der Waals surface area contributed by atoms with Gasteiger partial charge < -0.3 is 16.0 Å². The summed E-state index contributed by atoms with van der Waals surface area (Å²) in [6.45, 7) is 2.74. The predicted octanol–water partition coefficient (Wildman–Crippen LogP) is 2.59. The summed E-state index contributed by atoms with van der Waals surface area (Å²) in [4.78, 5) is 14.3. The van der Waals surface area contributed by atoms with E-state index in [2.05, 4.69) is 10.2 Å². The van der Waals surface area contributed by atoms with Gasteiger partial charge in [0, 0.05) is 25.6 Å². The minimum absolute atomic E-state index is 0. The average molecular weight is 380 g/mol. The second kappa shape index (κ2) is 11.6. The predicted molar refractivity (Wildman–Crippen MR) is 100 cm³/mol. The number of halogens is 3. The average Bonchev–Trinajstić information content (AvgIpc) is 2.98. The molecule has 0 aromatic heterocycles. The fourth-order valence-electron chi connectivity index (χ4n) is 3.15. The summed E-state index contributed by atoms with van der Waals surface area (Å²) in [7, 11) is 1.99. The van der Waals surface area contributed by atoms with Gasteiger partial charge >= 0.3 is 0 Å². The van der Waals surface area contributed by atoms with Crippen LogP contribution in [0.15, 0.2) is 24.3 Å². The Kier molecular flexibility index (Phi) is 11.2. The molecule has 1 fully saturated rings. The second-order valence-electron chi connectivity index (χ2n) is 6.19. The van der Waals surface area contributed by atoms with Crippen molar-refractivity contribution in [2.24, 2.45) is 17.6 Å². The lowest BCUT2D eigenvalue weighted by Crippen LogP contribution is -2.38. The molecule has 1 aromatic carbocycles. The zero-order valence-electron chi connectivity index (χ0n) is 14.0. The van der Waals surface area contributed by atoms with Crippen LogP contribution in [0.1, 0.15) is 24.8 Å². The first-order chi connectivity index (χ1) is 10.6. The Morgan fingerprint density at radius 2 is 1.96 bits per heavy atom. The molecule has 0 saturated heterocycles. The van der Waals surface area contributed by atoms with E-state index in [1.807, 2.05) is 7.05 Å². The molecule has 0 heterocycles. The Morgan fingerprint density at radius 1 is 1.29 bits per heavy atom. The molecule has 24 heavy (non-hydrogen) atoms. The molecule has 1 aromatic rings. The smallest absolute Gasteiger partial charge is 0.223 e. The van der Waals surface area contributed by atoms with Crippen molar-refractivity contribution in [3.05, 3.63) is 35.6 Å². The molecular weight excluding hydrogens is 352 g/mol. The monoisotopic (exact) mass is 379 g/mol. The van der Waals surface area contributed by atoms with Gasteiger partial charge in [0.25, 0.3) is 0 Å². The minimum atomic E-state index is -0.218. The Balaban J connectivity index is 0.00000264. The van der Waals surface area contributed by atoms with Crippen LogP contribution >= 0.6 is 24.8 Å². The van der Waals surface area contributed by atoms with Gasteiger partial charge in [0.2, 0.25) is 5.91 Å². The molecule has 0 aliphatic heterocycles. The lowest BCUT2D eigenvalue weighted by atomic mass is 9.95. The molecule has 1 aliphatic rings. The standard InChI is InChI=1S/C17H26FN3O.2ClH/c1-21(12-13-5-7-15(18)8-6-13)10-9-20-17(22)16-4-2-3-14(16)11-19;;/h5-8,14,16H,2-4,9-12,19H2,1H3,(H,20,22);2*1H/t14-,16-;;/m1../s1. The van der Waals surface area contributed by atoms with E-state index >= 15 is 0 Å². The van der Waals surface area contributed by atoms with Crippen molar-refractivity contribution in [1.29, 1.82) is 0 Å². The number of amides is 1. The van der Waals surface area contributed by atoms with Crippen molar-refractivity contribution in [1.82, 2.24) is 10.2 Å². The third-order valence-corrected chi connectivity index (χ3v) is 4.46. The summed E-state index contributed by atoms with van der Waals surface area (Å²) < 4.78 is 12.9. The van der Waals surface area contributed by atoms with E-state index in [0.29, 0.717) is 19.0 Å². The van der Waals surface area contributed by atoms with Crippen molar-refractivity contribution >= 4 is 30.7 Å². The van der Waals surface area contributed by atoms with E-state index in [0.717, 1.165) is 37.9 Å². The number of hydrogen-bond donors (Lipinski definition) is 2. The highest BCUT2D eigenvalue weighted by atomic mass is 35.5. The van der Waals surface area contributed by atoms with Gasteiger partial charge in [0.1, 0.15) is 5.82 Å². The normalized spacial score (nSPS) is 19.5. The molecule has 3 N–H and O–H groups in total. The third kappa shape index (κ3) is 6.93. The van der Waals surface area contributed by atoms with Crippen LogP contribution in [0.25, 0.3) is 0 Å². The topological polar surface area (TPSA) is 58.4 Å². The van der Waals surface area contributed by atoms with E-state index in [1.54, 1.807) is 12.1 Å². The van der Waals surface area contributed by atoms with Gasteiger partial charge in [-0.15, -0.1) is 24.8 Å². The fraction of sp³-hybridized carbons (Fsp3) is 0.588. The van der Waals surface area contributed by atoms with Gasteiger partial charge in [-0.3, -0.25) is 4.79 Å². The Bertz CT molecular complexity index is 487. The number of nitrogens with two attached hydrogens (primary N) is 1. The van der Waals surface area contributed by atoms with Crippen LogP contribution in [0, 0.1) is 17.7 Å². The summed E-state index contributed by atoms with van der Waals surface area (Å²) in [6.07, 6.45) is 3.13. The second-order valence-corrected chi connectivity index (χ2v) is 6.19. The highest BCUT2D eigenvalue weighted by molar-refractivity contribution is 5.85. The first kappa shape index (κ1) is 23.1. The molecule has 2 atom stereocenters. The quantitative estimate of drug-likeness (QED) is 0.765. The lowest BCUT2D eigenvalue weighted by molar-refractivity contribution is -0.126. The SMILES string of the molecule is CN(CCNC(=O)[C@@H]1CCC[C@@H]1CN)Cc1ccc(F)cc1.Cl.Cl. The summed E-state index contributed by atoms with van der Waals surface area (Å²) in [5.41, 5.74) is 6.78. The van der Waals surface area contributed by atoms with Gasteiger partial charge in [0.05, 0.1) is 0 Å². The van der Waals surface area contributed by atoms with Gasteiger partial charge in [-0.1, -0.05) is 18.6 Å². The molecule has 4 nitrogen and oxygen atoms in total. The molecule has 7 heteroatoms. The third-order valence-electron chi connectivity index (χ3n) is 4.46. The van der Waals surface area contributed by atoms with Crippen LogP contribution in [0.2, 0.25) is 0 Å². The molecule has 138 valence electrons. The van der Waals surface area contributed by atoms with E-state index in [1.165, 1.54) is 12.1 Å². The van der Waals surface area contributed by atoms with Crippen molar-refractivity contribution in [2.45, 2.75) is 25.8 Å². The molecule has 2 rings (SSSR count). The van der Waals surface area contributed by atoms with Gasteiger partial charge in [0.15, 0.2) is 0 Å². The van der Waals surface area contributed by atoms with Gasteiger partial charge in [-0.25, -0.2) is 4.39 Å². The zero-order chi connectivity index (χ0) is 15.9. The highest BCUT2D eigenvalue weighted by Crippen LogP contribution is 2.30. The zero-order valence-corrected chi connectivity index (χ0v) is 15.7. The van der Waals surface area contributed by atoms with Crippen LogP contribution in [0.4, 0.5) is 4.39 Å². The number of benzene rings is 1. The number of nitrogens with one attached hydrogen (secondary N) is 1. The number of hydrogen-bond acceptors (Lipinski definition) is 3. The van der Waals surface area contributed by atoms with Crippen LogP contribution in [-0.4, -0.2) is 37.5 Å². The van der Waals surface area contributed by atoms with E-state index in [-0.39, 0.29) is 42.5 Å². The largest absolute Gasteiger partial charge is 0.355 e. The van der Waals surface area contributed by atoms with E-state index in [4.69, 9.17) is 5.73 Å². The summed E-state index contributed by atoms with van der Waals surface area (Å²) >= 11 is 0. The molecule has 0 radical (unpaired) electrons. The Hall–Kier alpha value is -0.880. The summed E-state index contributed by atoms with van der Waals surface area (Å²) in [5.74, 6) is 0.358. The van der Waals surface area contributed by atoms with Gasteiger partial charge in [-0.2, -0.15) is 0 Å². The molecule has 1 saturated carbocycles. The molecule has 1 amide bonds. The summed E-state index contributed by atoms with van der Waals surface area (Å²) in [6, 6.07) is 6.51. The minimum Gasteiger partial charge on any atom is -0.355 e. The number of nitrogens with zero attached hydrogens (tertiary/aromatic N) is 1. The highest BCUT2D eigenvalue weighted by Gasteiger charge is 2.31. The van der Waals surface area contributed by atoms with E-state index < -0.39 is 0 Å². The molecular formula is C17H28Cl2FN3O. The Labute approximate surface area is 156 Å². The van der Waals surface area contributed by atoms with Crippen LogP contribution in [-0.2, 0) is 11.3 Å². The van der Waals surface area contributed by atoms with Crippen molar-refractivity contribution < 1.29 is 9.18 Å². The number of carbonyl (C=O) groups is 1.